The Balaban J connectivity index is 1.60. The van der Waals surface area contributed by atoms with Gasteiger partial charge in [0.25, 0.3) is 5.91 Å². The Morgan fingerprint density at radius 3 is 2.86 bits per heavy atom. The first kappa shape index (κ1) is 14.1. The molecule has 0 saturated carbocycles. The van der Waals surface area contributed by atoms with Crippen molar-refractivity contribution in [3.05, 3.63) is 36.1 Å². The number of piperazine rings is 1. The van der Waals surface area contributed by atoms with Gasteiger partial charge in [0.2, 0.25) is 0 Å². The van der Waals surface area contributed by atoms with E-state index in [1.54, 1.807) is 4.90 Å². The number of hydrogen-bond donors (Lipinski definition) is 1. The number of hydrogen-bond acceptors (Lipinski definition) is 4. The van der Waals surface area contributed by atoms with E-state index in [4.69, 9.17) is 4.42 Å². The van der Waals surface area contributed by atoms with E-state index >= 15 is 0 Å². The Morgan fingerprint density at radius 2 is 2.10 bits per heavy atom. The van der Waals surface area contributed by atoms with Crippen LogP contribution >= 0.6 is 0 Å². The van der Waals surface area contributed by atoms with Crippen molar-refractivity contribution in [3.63, 3.8) is 0 Å². The number of fused-ring (bicyclic) bond motifs is 1. The first-order valence-electron chi connectivity index (χ1n) is 7.41. The van der Waals surface area contributed by atoms with Crippen LogP contribution in [0.1, 0.15) is 10.6 Å². The molecule has 0 aliphatic carbocycles. The van der Waals surface area contributed by atoms with E-state index in [9.17, 15) is 4.79 Å². The summed E-state index contributed by atoms with van der Waals surface area (Å²) in [6, 6.07) is 9.51. The van der Waals surface area contributed by atoms with Crippen molar-refractivity contribution >= 4 is 16.9 Å². The van der Waals surface area contributed by atoms with Crippen LogP contribution < -0.4 is 5.32 Å². The van der Waals surface area contributed by atoms with Gasteiger partial charge in [-0.2, -0.15) is 0 Å². The van der Waals surface area contributed by atoms with Gasteiger partial charge < -0.3 is 14.6 Å². The van der Waals surface area contributed by atoms with Gasteiger partial charge >= 0.3 is 0 Å². The fourth-order valence-corrected chi connectivity index (χ4v) is 2.60. The fourth-order valence-electron chi connectivity index (χ4n) is 2.60. The number of furan rings is 1. The molecule has 1 saturated heterocycles. The Bertz CT molecular complexity index is 584. The number of nitrogens with one attached hydrogen (secondary N) is 1. The number of likely N-dealkylation sites (N-methyl/N-ethyl adjacent to an activating group) is 1. The molecule has 1 aliphatic rings. The number of amides is 1. The van der Waals surface area contributed by atoms with E-state index in [-0.39, 0.29) is 5.91 Å². The van der Waals surface area contributed by atoms with Crippen molar-refractivity contribution in [1.82, 2.24) is 15.1 Å². The van der Waals surface area contributed by atoms with E-state index in [0.29, 0.717) is 5.76 Å². The molecule has 3 rings (SSSR count). The van der Waals surface area contributed by atoms with Crippen LogP contribution in [0.2, 0.25) is 0 Å². The Labute approximate surface area is 124 Å². The summed E-state index contributed by atoms with van der Waals surface area (Å²) < 4.78 is 5.63. The van der Waals surface area contributed by atoms with Gasteiger partial charge in [-0.1, -0.05) is 18.2 Å². The molecule has 112 valence electrons. The molecule has 1 aliphatic heterocycles. The van der Waals surface area contributed by atoms with Crippen molar-refractivity contribution < 1.29 is 9.21 Å². The third-order valence-electron chi connectivity index (χ3n) is 3.94. The minimum atomic E-state index is -0.0543. The molecule has 5 heteroatoms. The minimum Gasteiger partial charge on any atom is -0.451 e. The van der Waals surface area contributed by atoms with Crippen LogP contribution in [0.5, 0.6) is 0 Å². The number of rotatable bonds is 4. The largest absolute Gasteiger partial charge is 0.451 e. The van der Waals surface area contributed by atoms with Gasteiger partial charge in [-0.3, -0.25) is 9.69 Å². The van der Waals surface area contributed by atoms with Crippen LogP contribution in [0.15, 0.2) is 34.7 Å². The van der Waals surface area contributed by atoms with E-state index < -0.39 is 0 Å². The van der Waals surface area contributed by atoms with Crippen LogP contribution in [-0.2, 0) is 0 Å². The molecule has 0 radical (unpaired) electrons. The lowest BCUT2D eigenvalue weighted by atomic mass is 10.2. The van der Waals surface area contributed by atoms with E-state index in [1.807, 2.05) is 37.4 Å². The van der Waals surface area contributed by atoms with Gasteiger partial charge in [-0.15, -0.1) is 0 Å². The monoisotopic (exact) mass is 287 g/mol. The molecule has 1 fully saturated rings. The highest BCUT2D eigenvalue weighted by molar-refractivity contribution is 5.95. The average Bonchev–Trinajstić information content (AvgIpc) is 2.97. The highest BCUT2D eigenvalue weighted by Gasteiger charge is 2.18. The molecule has 1 amide bonds. The molecule has 5 nitrogen and oxygen atoms in total. The summed E-state index contributed by atoms with van der Waals surface area (Å²) in [7, 11) is 1.83. The zero-order valence-corrected chi connectivity index (χ0v) is 12.3. The van der Waals surface area contributed by atoms with Gasteiger partial charge in [-0.05, 0) is 12.1 Å². The van der Waals surface area contributed by atoms with E-state index in [0.717, 1.165) is 50.2 Å². The van der Waals surface area contributed by atoms with Crippen LogP contribution in [0.3, 0.4) is 0 Å². The molecular formula is C16H21N3O2. The van der Waals surface area contributed by atoms with Crippen LogP contribution in [0.25, 0.3) is 11.0 Å². The van der Waals surface area contributed by atoms with Gasteiger partial charge in [0.05, 0.1) is 0 Å². The maximum absolute atomic E-state index is 12.4. The molecule has 1 N–H and O–H groups in total. The lowest BCUT2D eigenvalue weighted by Crippen LogP contribution is -2.46. The quantitative estimate of drug-likeness (QED) is 0.924. The second-order valence-electron chi connectivity index (χ2n) is 5.47. The van der Waals surface area contributed by atoms with Gasteiger partial charge in [0.1, 0.15) is 5.58 Å². The first-order chi connectivity index (χ1) is 10.2. The number of para-hydroxylation sites is 1. The Hall–Kier alpha value is -1.85. The number of carbonyl (C=O) groups is 1. The van der Waals surface area contributed by atoms with E-state index in [1.165, 1.54) is 0 Å². The third kappa shape index (κ3) is 3.25. The highest BCUT2D eigenvalue weighted by Crippen LogP contribution is 2.19. The predicted molar refractivity (Wildman–Crippen MR) is 82.5 cm³/mol. The minimum absolute atomic E-state index is 0.0543. The van der Waals surface area contributed by atoms with Gasteiger partial charge in [0.15, 0.2) is 5.76 Å². The van der Waals surface area contributed by atoms with Gasteiger partial charge in [-0.25, -0.2) is 0 Å². The molecule has 2 aromatic rings. The molecule has 21 heavy (non-hydrogen) atoms. The number of nitrogens with zero attached hydrogens (tertiary/aromatic N) is 2. The third-order valence-corrected chi connectivity index (χ3v) is 3.94. The summed E-state index contributed by atoms with van der Waals surface area (Å²) in [6.07, 6.45) is 0. The van der Waals surface area contributed by atoms with Crippen LogP contribution in [0, 0.1) is 0 Å². The lowest BCUT2D eigenvalue weighted by molar-refractivity contribution is 0.0746. The fraction of sp³-hybridized carbons (Fsp3) is 0.438. The SMILES string of the molecule is CN(CCN1CCNCC1)C(=O)c1cc2ccccc2o1. The average molecular weight is 287 g/mol. The molecule has 2 heterocycles. The molecule has 0 atom stereocenters. The highest BCUT2D eigenvalue weighted by atomic mass is 16.3. The number of benzene rings is 1. The summed E-state index contributed by atoms with van der Waals surface area (Å²) >= 11 is 0. The smallest absolute Gasteiger partial charge is 0.289 e. The predicted octanol–water partition coefficient (Wildman–Crippen LogP) is 1.41. The Kier molecular flexibility index (Phi) is 4.22. The molecule has 0 bridgehead atoms. The van der Waals surface area contributed by atoms with Crippen molar-refractivity contribution in [1.29, 1.82) is 0 Å². The first-order valence-corrected chi connectivity index (χ1v) is 7.41. The van der Waals surface area contributed by atoms with Crippen molar-refractivity contribution in [3.8, 4) is 0 Å². The lowest BCUT2D eigenvalue weighted by Gasteiger charge is -2.28. The zero-order chi connectivity index (χ0) is 14.7. The molecule has 0 spiro atoms. The van der Waals surface area contributed by atoms with Crippen molar-refractivity contribution in [2.24, 2.45) is 0 Å². The summed E-state index contributed by atoms with van der Waals surface area (Å²) in [5, 5.41) is 4.30. The Morgan fingerprint density at radius 1 is 1.33 bits per heavy atom. The normalized spacial score (nSPS) is 16.2. The molecule has 0 unspecified atom stereocenters. The summed E-state index contributed by atoms with van der Waals surface area (Å²) in [5.74, 6) is 0.361. The number of carbonyl (C=O) groups excluding carboxylic acids is 1. The standard InChI is InChI=1S/C16H21N3O2/c1-18(10-11-19-8-6-17-7-9-19)16(20)15-12-13-4-2-3-5-14(13)21-15/h2-5,12,17H,6-11H2,1H3. The van der Waals surface area contributed by atoms with Crippen molar-refractivity contribution in [2.45, 2.75) is 0 Å². The van der Waals surface area contributed by atoms with Crippen LogP contribution in [0.4, 0.5) is 0 Å². The van der Waals surface area contributed by atoms with Crippen LogP contribution in [-0.4, -0.2) is 62.0 Å². The second kappa shape index (κ2) is 6.28. The maximum atomic E-state index is 12.4. The summed E-state index contributed by atoms with van der Waals surface area (Å²) in [4.78, 5) is 16.5. The zero-order valence-electron chi connectivity index (χ0n) is 12.3. The van der Waals surface area contributed by atoms with Gasteiger partial charge in [0, 0.05) is 51.7 Å². The molecule has 1 aromatic carbocycles. The summed E-state index contributed by atoms with van der Waals surface area (Å²) in [6.45, 7) is 5.78. The molecule has 1 aromatic heterocycles. The second-order valence-corrected chi connectivity index (χ2v) is 5.47. The van der Waals surface area contributed by atoms with Crippen molar-refractivity contribution in [2.75, 3.05) is 46.3 Å². The van der Waals surface area contributed by atoms with E-state index in [2.05, 4.69) is 10.2 Å². The molecular weight excluding hydrogens is 266 g/mol. The topological polar surface area (TPSA) is 48.7 Å². The summed E-state index contributed by atoms with van der Waals surface area (Å²) in [5.41, 5.74) is 0.761. The maximum Gasteiger partial charge on any atom is 0.289 e.